The smallest absolute Gasteiger partial charge is 0.113 e. The molecule has 0 amide bonds. The van der Waals surface area contributed by atoms with Crippen molar-refractivity contribution >= 4 is 0 Å². The second-order valence-electron chi connectivity index (χ2n) is 4.57. The molecule has 2 rings (SSSR count). The summed E-state index contributed by atoms with van der Waals surface area (Å²) in [6, 6.07) is 0. The van der Waals surface area contributed by atoms with Gasteiger partial charge in [0.25, 0.3) is 0 Å². The van der Waals surface area contributed by atoms with Crippen molar-refractivity contribution in [3.05, 3.63) is 23.9 Å². The summed E-state index contributed by atoms with van der Waals surface area (Å²) in [5.41, 5.74) is 0.805. The van der Waals surface area contributed by atoms with E-state index in [-0.39, 0.29) is 6.61 Å². The molecular weight excluding hydrogens is 236 g/mol. The van der Waals surface area contributed by atoms with Gasteiger partial charge in [-0.1, -0.05) is 12.2 Å². The van der Waals surface area contributed by atoms with Crippen LogP contribution in [0, 0.1) is 0 Å². The van der Waals surface area contributed by atoms with E-state index in [1.807, 2.05) is 30.3 Å². The Balaban J connectivity index is 2.09. The Bertz CT molecular complexity index is 345. The monoisotopic (exact) mass is 256 g/mol. The molecule has 2 aliphatic heterocycles. The molecule has 0 spiro atoms. The Morgan fingerprint density at radius 3 is 2.83 bits per heavy atom. The Morgan fingerprint density at radius 2 is 2.22 bits per heavy atom. The van der Waals surface area contributed by atoms with Gasteiger partial charge in [-0.3, -0.25) is 0 Å². The number of aliphatic hydroxyl groups is 3. The first-order valence-corrected chi connectivity index (χ1v) is 6.06. The first-order chi connectivity index (χ1) is 8.67. The number of hydrogen-bond donors (Lipinski definition) is 4. The van der Waals surface area contributed by atoms with Gasteiger partial charge in [0, 0.05) is 12.7 Å². The molecule has 1 fully saturated rings. The SMILES string of the molecule is CNCN1C=C([C@@H]2O[C@H](CO)[C@@H](O)[C@H]2O)C=CC1. The molecule has 0 bridgehead atoms. The highest BCUT2D eigenvalue weighted by molar-refractivity contribution is 5.29. The topological polar surface area (TPSA) is 85.2 Å². The van der Waals surface area contributed by atoms with Gasteiger partial charge >= 0.3 is 0 Å². The molecule has 0 saturated carbocycles. The zero-order valence-corrected chi connectivity index (χ0v) is 10.4. The standard InChI is InChI=1S/C12H20N2O4/c1-13-7-14-4-2-3-8(5-14)12-11(17)10(16)9(6-15)18-12/h2-3,5,9-13,15-17H,4,6-7H2,1H3/t9-,10-,11-,12+/m1/s1. The fourth-order valence-corrected chi connectivity index (χ4v) is 2.29. The molecule has 0 aliphatic carbocycles. The Morgan fingerprint density at radius 1 is 1.44 bits per heavy atom. The van der Waals surface area contributed by atoms with Crippen molar-refractivity contribution in [3.8, 4) is 0 Å². The van der Waals surface area contributed by atoms with Crippen LogP contribution in [0.5, 0.6) is 0 Å². The first-order valence-electron chi connectivity index (χ1n) is 6.06. The van der Waals surface area contributed by atoms with Crippen molar-refractivity contribution in [1.82, 2.24) is 10.2 Å². The van der Waals surface area contributed by atoms with Gasteiger partial charge in [-0.2, -0.15) is 0 Å². The summed E-state index contributed by atoms with van der Waals surface area (Å²) in [7, 11) is 1.86. The molecule has 6 nitrogen and oxygen atoms in total. The second-order valence-corrected chi connectivity index (χ2v) is 4.57. The second kappa shape index (κ2) is 5.81. The zero-order chi connectivity index (χ0) is 13.1. The normalized spacial score (nSPS) is 36.0. The molecular formula is C12H20N2O4. The first kappa shape index (κ1) is 13.5. The number of aliphatic hydroxyl groups excluding tert-OH is 3. The summed E-state index contributed by atoms with van der Waals surface area (Å²) in [6.07, 6.45) is 2.39. The van der Waals surface area contributed by atoms with Crippen LogP contribution in [0.4, 0.5) is 0 Å². The molecule has 1 saturated heterocycles. The van der Waals surface area contributed by atoms with Crippen molar-refractivity contribution in [2.45, 2.75) is 24.4 Å². The summed E-state index contributed by atoms with van der Waals surface area (Å²) < 4.78 is 5.48. The maximum Gasteiger partial charge on any atom is 0.113 e. The van der Waals surface area contributed by atoms with Gasteiger partial charge in [-0.25, -0.2) is 0 Å². The summed E-state index contributed by atoms with van der Waals surface area (Å²) in [5, 5.41) is 31.7. The van der Waals surface area contributed by atoms with Gasteiger partial charge in [0.2, 0.25) is 0 Å². The summed E-state index contributed by atoms with van der Waals surface area (Å²) in [6.45, 7) is 1.19. The van der Waals surface area contributed by atoms with E-state index in [4.69, 9.17) is 9.84 Å². The third-order valence-corrected chi connectivity index (χ3v) is 3.21. The number of nitrogens with zero attached hydrogens (tertiary/aromatic N) is 1. The summed E-state index contributed by atoms with van der Waals surface area (Å²) >= 11 is 0. The largest absolute Gasteiger partial charge is 0.394 e. The fourth-order valence-electron chi connectivity index (χ4n) is 2.29. The van der Waals surface area contributed by atoms with Gasteiger partial charge in [-0.15, -0.1) is 0 Å². The Hall–Kier alpha value is -0.920. The molecule has 18 heavy (non-hydrogen) atoms. The van der Waals surface area contributed by atoms with Crippen LogP contribution >= 0.6 is 0 Å². The molecule has 4 N–H and O–H groups in total. The van der Waals surface area contributed by atoms with Crippen LogP contribution in [0.2, 0.25) is 0 Å². The lowest BCUT2D eigenvalue weighted by atomic mass is 10.0. The molecule has 0 aromatic heterocycles. The highest BCUT2D eigenvalue weighted by Crippen LogP contribution is 2.28. The maximum atomic E-state index is 9.93. The average Bonchev–Trinajstić information content (AvgIpc) is 2.67. The van der Waals surface area contributed by atoms with Gasteiger partial charge in [0.1, 0.15) is 24.4 Å². The van der Waals surface area contributed by atoms with E-state index in [0.29, 0.717) is 6.67 Å². The lowest BCUT2D eigenvalue weighted by Gasteiger charge is -2.26. The number of hydrogen-bond acceptors (Lipinski definition) is 6. The van der Waals surface area contributed by atoms with Crippen LogP contribution in [0.1, 0.15) is 0 Å². The minimum Gasteiger partial charge on any atom is -0.394 e. The van der Waals surface area contributed by atoms with Crippen molar-refractivity contribution in [2.75, 3.05) is 26.9 Å². The Kier molecular flexibility index (Phi) is 4.36. The van der Waals surface area contributed by atoms with Crippen LogP contribution in [0.15, 0.2) is 23.9 Å². The minimum atomic E-state index is -1.05. The van der Waals surface area contributed by atoms with E-state index >= 15 is 0 Å². The average molecular weight is 256 g/mol. The lowest BCUT2D eigenvalue weighted by molar-refractivity contribution is -0.0137. The summed E-state index contributed by atoms with van der Waals surface area (Å²) in [5.74, 6) is 0. The Labute approximate surface area is 106 Å². The van der Waals surface area contributed by atoms with Crippen LogP contribution in [0.25, 0.3) is 0 Å². The molecule has 2 heterocycles. The molecule has 0 aromatic carbocycles. The fraction of sp³-hybridized carbons (Fsp3) is 0.667. The van der Waals surface area contributed by atoms with Crippen LogP contribution in [-0.2, 0) is 4.74 Å². The predicted molar refractivity (Wildman–Crippen MR) is 65.6 cm³/mol. The zero-order valence-electron chi connectivity index (χ0n) is 10.4. The molecule has 2 aliphatic rings. The molecule has 6 heteroatoms. The van der Waals surface area contributed by atoms with Crippen LogP contribution < -0.4 is 5.32 Å². The van der Waals surface area contributed by atoms with Crippen molar-refractivity contribution in [2.24, 2.45) is 0 Å². The number of nitrogens with one attached hydrogen (secondary N) is 1. The van der Waals surface area contributed by atoms with Gasteiger partial charge in [0.15, 0.2) is 0 Å². The molecule has 102 valence electrons. The van der Waals surface area contributed by atoms with E-state index in [2.05, 4.69) is 5.32 Å². The number of ether oxygens (including phenoxy) is 1. The van der Waals surface area contributed by atoms with E-state index in [9.17, 15) is 10.2 Å². The quantitative estimate of drug-likeness (QED) is 0.485. The van der Waals surface area contributed by atoms with Crippen molar-refractivity contribution in [3.63, 3.8) is 0 Å². The van der Waals surface area contributed by atoms with E-state index in [1.54, 1.807) is 0 Å². The lowest BCUT2D eigenvalue weighted by Crippen LogP contribution is -2.36. The van der Waals surface area contributed by atoms with E-state index < -0.39 is 24.4 Å². The van der Waals surface area contributed by atoms with Gasteiger partial charge < -0.3 is 30.3 Å². The van der Waals surface area contributed by atoms with Crippen LogP contribution in [-0.4, -0.2) is 71.5 Å². The highest BCUT2D eigenvalue weighted by atomic mass is 16.6. The van der Waals surface area contributed by atoms with Crippen molar-refractivity contribution < 1.29 is 20.1 Å². The molecule has 0 unspecified atom stereocenters. The molecule has 0 radical (unpaired) electrons. The molecule has 4 atom stereocenters. The minimum absolute atomic E-state index is 0.300. The van der Waals surface area contributed by atoms with Crippen LogP contribution in [0.3, 0.4) is 0 Å². The molecule has 0 aromatic rings. The third kappa shape index (κ3) is 2.57. The predicted octanol–water partition coefficient (Wildman–Crippen LogP) is -1.60. The van der Waals surface area contributed by atoms with Crippen molar-refractivity contribution in [1.29, 1.82) is 0 Å². The van der Waals surface area contributed by atoms with Gasteiger partial charge in [0.05, 0.1) is 13.3 Å². The van der Waals surface area contributed by atoms with Gasteiger partial charge in [-0.05, 0) is 12.6 Å². The maximum absolute atomic E-state index is 9.93. The third-order valence-electron chi connectivity index (χ3n) is 3.21. The van der Waals surface area contributed by atoms with E-state index in [0.717, 1.165) is 12.1 Å². The number of rotatable bonds is 4. The highest BCUT2D eigenvalue weighted by Gasteiger charge is 2.43. The van der Waals surface area contributed by atoms with E-state index in [1.165, 1.54) is 0 Å². The summed E-state index contributed by atoms with van der Waals surface area (Å²) in [4.78, 5) is 2.03.